The molecule has 0 aromatic heterocycles. The van der Waals surface area contributed by atoms with Gasteiger partial charge in [0.15, 0.2) is 0 Å². The van der Waals surface area contributed by atoms with Gasteiger partial charge in [0.1, 0.15) is 28.7 Å². The summed E-state index contributed by atoms with van der Waals surface area (Å²) in [6.45, 7) is 4.72. The SMILES string of the molecule is CCC1(C(=O)O)CCc2ccc(OCCCOc3ccc(Oc4ccc(C)cc4)cc3Cl)cc2O1. The normalized spacial score (nSPS) is 16.7. The lowest BCUT2D eigenvalue weighted by atomic mass is 9.89. The van der Waals surface area contributed by atoms with Gasteiger partial charge >= 0.3 is 5.97 Å². The second-order valence-electron chi connectivity index (χ2n) is 8.58. The minimum atomic E-state index is -1.17. The summed E-state index contributed by atoms with van der Waals surface area (Å²) in [5.41, 5.74) is 0.995. The quantitative estimate of drug-likeness (QED) is 0.309. The summed E-state index contributed by atoms with van der Waals surface area (Å²) < 4.78 is 23.4. The fraction of sp³-hybridized carbons (Fsp3) is 0.321. The fourth-order valence-corrected chi connectivity index (χ4v) is 4.14. The third-order valence-corrected chi connectivity index (χ3v) is 6.37. The molecule has 35 heavy (non-hydrogen) atoms. The summed E-state index contributed by atoms with van der Waals surface area (Å²) in [5, 5.41) is 10.1. The molecule has 1 aliphatic rings. The standard InChI is InChI=1S/C28H29ClO6/c1-3-28(27(30)31)14-13-20-7-10-22(18-26(20)35-28)32-15-4-16-33-25-12-11-23(17-24(25)29)34-21-8-5-19(2)6-9-21/h5-12,17-18H,3-4,13-16H2,1-2H3,(H,30,31). The van der Waals surface area contributed by atoms with E-state index in [0.29, 0.717) is 66.9 Å². The van der Waals surface area contributed by atoms with Gasteiger partial charge in [0, 0.05) is 25.0 Å². The molecule has 1 unspecified atom stereocenters. The zero-order valence-corrected chi connectivity index (χ0v) is 20.6. The summed E-state index contributed by atoms with van der Waals surface area (Å²) in [6, 6.07) is 18.7. The van der Waals surface area contributed by atoms with Crippen LogP contribution in [0.5, 0.6) is 28.7 Å². The molecule has 1 atom stereocenters. The van der Waals surface area contributed by atoms with Gasteiger partial charge in [-0.15, -0.1) is 0 Å². The number of ether oxygens (including phenoxy) is 4. The first kappa shape index (κ1) is 24.7. The molecular formula is C28H29ClO6. The topological polar surface area (TPSA) is 74.2 Å². The van der Waals surface area contributed by atoms with Crippen LogP contribution >= 0.6 is 11.6 Å². The first-order valence-electron chi connectivity index (χ1n) is 11.7. The van der Waals surface area contributed by atoms with Crippen molar-refractivity contribution in [2.75, 3.05) is 13.2 Å². The molecule has 184 valence electrons. The Morgan fingerprint density at radius 2 is 1.71 bits per heavy atom. The highest BCUT2D eigenvalue weighted by molar-refractivity contribution is 6.32. The minimum Gasteiger partial charge on any atom is -0.493 e. The van der Waals surface area contributed by atoms with Gasteiger partial charge in [-0.25, -0.2) is 4.79 Å². The van der Waals surface area contributed by atoms with Crippen molar-refractivity contribution in [3.8, 4) is 28.7 Å². The van der Waals surface area contributed by atoms with E-state index in [4.69, 9.17) is 30.5 Å². The largest absolute Gasteiger partial charge is 0.493 e. The van der Waals surface area contributed by atoms with Crippen molar-refractivity contribution in [1.29, 1.82) is 0 Å². The molecular weight excluding hydrogens is 468 g/mol. The lowest BCUT2D eigenvalue weighted by molar-refractivity contribution is -0.157. The van der Waals surface area contributed by atoms with E-state index in [1.54, 1.807) is 18.2 Å². The van der Waals surface area contributed by atoms with Crippen molar-refractivity contribution in [3.63, 3.8) is 0 Å². The van der Waals surface area contributed by atoms with Crippen LogP contribution in [0, 0.1) is 6.92 Å². The molecule has 1 aliphatic heterocycles. The number of hydrogen-bond acceptors (Lipinski definition) is 5. The maximum atomic E-state index is 11.7. The second kappa shape index (κ2) is 10.9. The van der Waals surface area contributed by atoms with Crippen LogP contribution in [-0.2, 0) is 11.2 Å². The van der Waals surface area contributed by atoms with Crippen molar-refractivity contribution in [2.45, 2.75) is 45.1 Å². The predicted octanol–water partition coefficient (Wildman–Crippen LogP) is 6.85. The molecule has 0 radical (unpaired) electrons. The molecule has 7 heteroatoms. The Labute approximate surface area is 210 Å². The highest BCUT2D eigenvalue weighted by atomic mass is 35.5. The molecule has 0 fully saturated rings. The lowest BCUT2D eigenvalue weighted by Crippen LogP contribution is -2.46. The van der Waals surface area contributed by atoms with E-state index < -0.39 is 11.6 Å². The molecule has 0 spiro atoms. The highest BCUT2D eigenvalue weighted by Gasteiger charge is 2.42. The second-order valence-corrected chi connectivity index (χ2v) is 8.99. The van der Waals surface area contributed by atoms with E-state index in [-0.39, 0.29) is 0 Å². The van der Waals surface area contributed by atoms with Gasteiger partial charge in [0.25, 0.3) is 0 Å². The van der Waals surface area contributed by atoms with E-state index in [2.05, 4.69) is 0 Å². The average Bonchev–Trinajstić information content (AvgIpc) is 2.85. The number of hydrogen-bond donors (Lipinski definition) is 1. The summed E-state index contributed by atoms with van der Waals surface area (Å²) in [4.78, 5) is 11.7. The number of halogens is 1. The van der Waals surface area contributed by atoms with Crippen molar-refractivity contribution in [2.24, 2.45) is 0 Å². The Hall–Kier alpha value is -3.38. The molecule has 0 saturated carbocycles. The molecule has 6 nitrogen and oxygen atoms in total. The Morgan fingerprint density at radius 1 is 1.00 bits per heavy atom. The Morgan fingerprint density at radius 3 is 2.43 bits per heavy atom. The van der Waals surface area contributed by atoms with E-state index in [0.717, 1.165) is 11.3 Å². The van der Waals surface area contributed by atoms with E-state index in [1.165, 1.54) is 5.56 Å². The maximum absolute atomic E-state index is 11.7. The Kier molecular flexibility index (Phi) is 7.71. The van der Waals surface area contributed by atoms with Crippen molar-refractivity contribution < 1.29 is 28.8 Å². The summed E-state index contributed by atoms with van der Waals surface area (Å²) in [6.07, 6.45) is 2.18. The number of aryl methyl sites for hydroxylation is 2. The molecule has 0 bridgehead atoms. The fourth-order valence-electron chi connectivity index (χ4n) is 3.91. The lowest BCUT2D eigenvalue weighted by Gasteiger charge is -2.34. The van der Waals surface area contributed by atoms with E-state index >= 15 is 0 Å². The van der Waals surface area contributed by atoms with E-state index in [1.807, 2.05) is 56.3 Å². The number of rotatable bonds is 10. The van der Waals surface area contributed by atoms with Gasteiger partial charge in [0.2, 0.25) is 5.60 Å². The first-order chi connectivity index (χ1) is 16.9. The molecule has 0 aliphatic carbocycles. The number of benzene rings is 3. The van der Waals surface area contributed by atoms with Crippen molar-refractivity contribution >= 4 is 17.6 Å². The highest BCUT2D eigenvalue weighted by Crippen LogP contribution is 2.37. The van der Waals surface area contributed by atoms with Gasteiger partial charge in [-0.2, -0.15) is 0 Å². The van der Waals surface area contributed by atoms with Crippen LogP contribution in [0.1, 0.15) is 37.3 Å². The van der Waals surface area contributed by atoms with E-state index in [9.17, 15) is 9.90 Å². The number of aliphatic carboxylic acids is 1. The Bertz CT molecular complexity index is 1180. The third-order valence-electron chi connectivity index (χ3n) is 6.08. The number of carboxylic acid groups (broad SMARTS) is 1. The van der Waals surface area contributed by atoms with Gasteiger partial charge in [-0.1, -0.05) is 42.3 Å². The molecule has 0 amide bonds. The van der Waals surface area contributed by atoms with Crippen LogP contribution in [-0.4, -0.2) is 29.9 Å². The van der Waals surface area contributed by atoms with Crippen LogP contribution in [0.2, 0.25) is 5.02 Å². The van der Waals surface area contributed by atoms with Gasteiger partial charge < -0.3 is 24.1 Å². The Balaban J connectivity index is 1.25. The first-order valence-corrected chi connectivity index (χ1v) is 12.1. The monoisotopic (exact) mass is 496 g/mol. The maximum Gasteiger partial charge on any atom is 0.348 e. The number of carboxylic acids is 1. The van der Waals surface area contributed by atoms with Crippen LogP contribution in [0.15, 0.2) is 60.7 Å². The molecule has 3 aromatic rings. The smallest absolute Gasteiger partial charge is 0.348 e. The molecule has 0 saturated heterocycles. The van der Waals surface area contributed by atoms with Crippen LogP contribution in [0.4, 0.5) is 0 Å². The number of carbonyl (C=O) groups is 1. The molecule has 1 N–H and O–H groups in total. The zero-order chi connectivity index (χ0) is 24.8. The predicted molar refractivity (Wildman–Crippen MR) is 134 cm³/mol. The zero-order valence-electron chi connectivity index (χ0n) is 19.9. The van der Waals surface area contributed by atoms with Crippen molar-refractivity contribution in [1.82, 2.24) is 0 Å². The van der Waals surface area contributed by atoms with Gasteiger partial charge in [-0.05, 0) is 55.7 Å². The molecule has 4 rings (SSSR count). The molecule has 3 aromatic carbocycles. The summed E-state index contributed by atoms with van der Waals surface area (Å²) >= 11 is 6.36. The van der Waals surface area contributed by atoms with Crippen LogP contribution < -0.4 is 18.9 Å². The van der Waals surface area contributed by atoms with Crippen molar-refractivity contribution in [3.05, 3.63) is 76.8 Å². The molecule has 1 heterocycles. The van der Waals surface area contributed by atoms with Gasteiger partial charge in [0.05, 0.1) is 18.2 Å². The van der Waals surface area contributed by atoms with Crippen LogP contribution in [0.3, 0.4) is 0 Å². The summed E-state index contributed by atoms with van der Waals surface area (Å²) in [7, 11) is 0. The van der Waals surface area contributed by atoms with Gasteiger partial charge in [-0.3, -0.25) is 0 Å². The minimum absolute atomic E-state index is 0.409. The average molecular weight is 497 g/mol. The van der Waals surface area contributed by atoms with Crippen LogP contribution in [0.25, 0.3) is 0 Å². The third kappa shape index (κ3) is 6.01. The summed E-state index contributed by atoms with van der Waals surface area (Å²) in [5.74, 6) is 2.25. The number of fused-ring (bicyclic) bond motifs is 1.